The van der Waals surface area contributed by atoms with E-state index in [1.807, 2.05) is 12.1 Å². The number of hydrogen-bond acceptors (Lipinski definition) is 3. The highest BCUT2D eigenvalue weighted by molar-refractivity contribution is 5.93. The molecule has 1 aliphatic rings. The Morgan fingerprint density at radius 1 is 1.50 bits per heavy atom. The highest BCUT2D eigenvalue weighted by atomic mass is 16.2. The number of nitrogens with zero attached hydrogens (tertiary/aromatic N) is 2. The van der Waals surface area contributed by atoms with Crippen LogP contribution < -0.4 is 5.32 Å². The minimum Gasteiger partial charge on any atom is -0.368 e. The van der Waals surface area contributed by atoms with Crippen molar-refractivity contribution < 1.29 is 4.79 Å². The van der Waals surface area contributed by atoms with E-state index in [0.29, 0.717) is 11.6 Å². The van der Waals surface area contributed by atoms with E-state index in [9.17, 15) is 4.79 Å². The number of rotatable bonds is 5. The van der Waals surface area contributed by atoms with Crippen LogP contribution in [0.3, 0.4) is 0 Å². The zero-order valence-electron chi connectivity index (χ0n) is 11.3. The number of anilines is 1. The number of carbonyl (C=O) groups excluding carboxylic acids is 1. The highest BCUT2D eigenvalue weighted by Crippen LogP contribution is 2.33. The van der Waals surface area contributed by atoms with Crippen molar-refractivity contribution in [1.82, 2.24) is 9.88 Å². The van der Waals surface area contributed by atoms with Crippen LogP contribution in [0.1, 0.15) is 36.5 Å². The Hall–Kier alpha value is -1.58. The SMILES string of the molecule is CC(CC1CC1)Nc1ccc(C(=O)N(C)C)cn1. The van der Waals surface area contributed by atoms with E-state index in [-0.39, 0.29) is 5.91 Å². The number of aromatic nitrogens is 1. The summed E-state index contributed by atoms with van der Waals surface area (Å²) in [6.07, 6.45) is 5.58. The van der Waals surface area contributed by atoms with Crippen LogP contribution in [-0.4, -0.2) is 35.9 Å². The lowest BCUT2D eigenvalue weighted by atomic mass is 10.1. The molecule has 1 saturated carbocycles. The van der Waals surface area contributed by atoms with Crippen molar-refractivity contribution in [2.45, 2.75) is 32.2 Å². The van der Waals surface area contributed by atoms with Crippen molar-refractivity contribution in [3.63, 3.8) is 0 Å². The summed E-state index contributed by atoms with van der Waals surface area (Å²) in [5, 5.41) is 3.37. The van der Waals surface area contributed by atoms with E-state index in [1.54, 1.807) is 25.2 Å². The Balaban J connectivity index is 1.92. The number of amides is 1. The summed E-state index contributed by atoms with van der Waals surface area (Å²) in [5.74, 6) is 1.74. The molecule has 1 N–H and O–H groups in total. The van der Waals surface area contributed by atoms with Crippen LogP contribution in [0.15, 0.2) is 18.3 Å². The average molecular weight is 247 g/mol. The van der Waals surface area contributed by atoms with Gasteiger partial charge in [-0.2, -0.15) is 0 Å². The summed E-state index contributed by atoms with van der Waals surface area (Å²) >= 11 is 0. The Morgan fingerprint density at radius 3 is 2.72 bits per heavy atom. The minimum absolute atomic E-state index is 0.0138. The molecular formula is C14H21N3O. The summed E-state index contributed by atoms with van der Waals surface area (Å²) in [6, 6.07) is 4.14. The molecule has 2 rings (SSSR count). The molecule has 1 aromatic rings. The van der Waals surface area contributed by atoms with Gasteiger partial charge in [0.2, 0.25) is 0 Å². The molecule has 4 heteroatoms. The minimum atomic E-state index is -0.0138. The fourth-order valence-corrected chi connectivity index (χ4v) is 2.03. The monoisotopic (exact) mass is 247 g/mol. The third kappa shape index (κ3) is 3.45. The molecule has 1 aromatic heterocycles. The van der Waals surface area contributed by atoms with Crippen LogP contribution in [0, 0.1) is 5.92 Å². The number of nitrogens with one attached hydrogen (secondary N) is 1. The largest absolute Gasteiger partial charge is 0.368 e. The molecule has 18 heavy (non-hydrogen) atoms. The average Bonchev–Trinajstić information content (AvgIpc) is 3.12. The second-order valence-corrected chi connectivity index (χ2v) is 5.36. The standard InChI is InChI=1S/C14H21N3O/c1-10(8-11-4-5-11)16-13-7-6-12(9-15-13)14(18)17(2)3/h6-7,9-11H,4-5,8H2,1-3H3,(H,15,16). The maximum absolute atomic E-state index is 11.7. The lowest BCUT2D eigenvalue weighted by Crippen LogP contribution is -2.22. The molecule has 0 bridgehead atoms. The first-order chi connectivity index (χ1) is 8.56. The first-order valence-corrected chi connectivity index (χ1v) is 6.50. The lowest BCUT2D eigenvalue weighted by Gasteiger charge is -2.14. The van der Waals surface area contributed by atoms with Gasteiger partial charge in [-0.1, -0.05) is 12.8 Å². The van der Waals surface area contributed by atoms with Gasteiger partial charge in [-0.3, -0.25) is 4.79 Å². The van der Waals surface area contributed by atoms with E-state index < -0.39 is 0 Å². The molecule has 1 aliphatic carbocycles. The van der Waals surface area contributed by atoms with Crippen LogP contribution in [0.25, 0.3) is 0 Å². The second kappa shape index (κ2) is 5.38. The van der Waals surface area contributed by atoms with Crippen molar-refractivity contribution in [2.75, 3.05) is 19.4 Å². The Kier molecular flexibility index (Phi) is 3.84. The van der Waals surface area contributed by atoms with E-state index in [2.05, 4.69) is 17.2 Å². The van der Waals surface area contributed by atoms with E-state index >= 15 is 0 Å². The third-order valence-corrected chi connectivity index (χ3v) is 3.19. The Bertz CT molecular complexity index is 410. The number of hydrogen-bond donors (Lipinski definition) is 1. The van der Waals surface area contributed by atoms with Gasteiger partial charge in [-0.15, -0.1) is 0 Å². The van der Waals surface area contributed by atoms with Crippen molar-refractivity contribution in [3.8, 4) is 0 Å². The van der Waals surface area contributed by atoms with Crippen LogP contribution in [0.5, 0.6) is 0 Å². The van der Waals surface area contributed by atoms with Crippen molar-refractivity contribution in [2.24, 2.45) is 5.92 Å². The first-order valence-electron chi connectivity index (χ1n) is 6.50. The lowest BCUT2D eigenvalue weighted by molar-refractivity contribution is 0.0827. The first kappa shape index (κ1) is 12.9. The van der Waals surface area contributed by atoms with Crippen LogP contribution in [-0.2, 0) is 0 Å². The third-order valence-electron chi connectivity index (χ3n) is 3.19. The molecule has 98 valence electrons. The maximum Gasteiger partial charge on any atom is 0.254 e. The van der Waals surface area contributed by atoms with Gasteiger partial charge in [-0.25, -0.2) is 4.98 Å². The Morgan fingerprint density at radius 2 is 2.22 bits per heavy atom. The van der Waals surface area contributed by atoms with Gasteiger partial charge in [0.25, 0.3) is 5.91 Å². The summed E-state index contributed by atoms with van der Waals surface area (Å²) in [7, 11) is 3.48. The van der Waals surface area contributed by atoms with Crippen molar-refractivity contribution in [1.29, 1.82) is 0 Å². The van der Waals surface area contributed by atoms with Crippen LogP contribution in [0.4, 0.5) is 5.82 Å². The van der Waals surface area contributed by atoms with E-state index in [1.165, 1.54) is 19.3 Å². The molecule has 1 heterocycles. The van der Waals surface area contributed by atoms with Crippen molar-refractivity contribution in [3.05, 3.63) is 23.9 Å². The summed E-state index contributed by atoms with van der Waals surface area (Å²) in [5.41, 5.74) is 0.625. The van der Waals surface area contributed by atoms with Crippen LogP contribution >= 0.6 is 0 Å². The summed E-state index contributed by atoms with van der Waals surface area (Å²) in [6.45, 7) is 2.18. The normalized spacial score (nSPS) is 16.2. The molecule has 0 aromatic carbocycles. The molecular weight excluding hydrogens is 226 g/mol. The fraction of sp³-hybridized carbons (Fsp3) is 0.571. The molecule has 1 amide bonds. The van der Waals surface area contributed by atoms with Gasteiger partial charge in [0.15, 0.2) is 0 Å². The number of pyridine rings is 1. The molecule has 4 nitrogen and oxygen atoms in total. The van der Waals surface area contributed by atoms with Gasteiger partial charge in [0.1, 0.15) is 5.82 Å². The fourth-order valence-electron chi connectivity index (χ4n) is 2.03. The molecule has 0 radical (unpaired) electrons. The predicted octanol–water partition coefficient (Wildman–Crippen LogP) is 2.38. The molecule has 1 atom stereocenters. The summed E-state index contributed by atoms with van der Waals surface area (Å²) in [4.78, 5) is 17.5. The van der Waals surface area contributed by atoms with Gasteiger partial charge in [0, 0.05) is 26.3 Å². The van der Waals surface area contributed by atoms with Crippen LogP contribution in [0.2, 0.25) is 0 Å². The maximum atomic E-state index is 11.7. The summed E-state index contributed by atoms with van der Waals surface area (Å²) < 4.78 is 0. The molecule has 1 unspecified atom stereocenters. The zero-order valence-corrected chi connectivity index (χ0v) is 11.3. The number of carbonyl (C=O) groups is 1. The van der Waals surface area contributed by atoms with Crippen molar-refractivity contribution >= 4 is 11.7 Å². The van der Waals surface area contributed by atoms with E-state index in [0.717, 1.165) is 11.7 Å². The molecule has 0 aliphatic heterocycles. The smallest absolute Gasteiger partial charge is 0.254 e. The quantitative estimate of drug-likeness (QED) is 0.869. The highest BCUT2D eigenvalue weighted by Gasteiger charge is 2.23. The van der Waals surface area contributed by atoms with Gasteiger partial charge in [-0.05, 0) is 31.4 Å². The van der Waals surface area contributed by atoms with Gasteiger partial charge in [0.05, 0.1) is 5.56 Å². The topological polar surface area (TPSA) is 45.2 Å². The second-order valence-electron chi connectivity index (χ2n) is 5.36. The molecule has 1 fully saturated rings. The van der Waals surface area contributed by atoms with Gasteiger partial charge < -0.3 is 10.2 Å². The van der Waals surface area contributed by atoms with E-state index in [4.69, 9.17) is 0 Å². The van der Waals surface area contributed by atoms with Gasteiger partial charge >= 0.3 is 0 Å². The molecule has 0 saturated heterocycles. The molecule has 0 spiro atoms. The zero-order chi connectivity index (χ0) is 13.1. The predicted molar refractivity (Wildman–Crippen MR) is 72.7 cm³/mol. The Labute approximate surface area is 108 Å².